The van der Waals surface area contributed by atoms with Crippen molar-refractivity contribution in [1.82, 2.24) is 4.90 Å². The zero-order chi connectivity index (χ0) is 23.0. The number of aryl methyl sites for hydroxylation is 2. The Hall–Kier alpha value is -2.91. The van der Waals surface area contributed by atoms with Crippen LogP contribution in [0.2, 0.25) is 0 Å². The maximum absolute atomic E-state index is 12.5. The maximum atomic E-state index is 12.5. The fourth-order valence-corrected chi connectivity index (χ4v) is 4.62. The van der Waals surface area contributed by atoms with E-state index in [1.54, 1.807) is 0 Å². The summed E-state index contributed by atoms with van der Waals surface area (Å²) in [5, 5.41) is 0. The van der Waals surface area contributed by atoms with Crippen molar-refractivity contribution >= 4 is 11.1 Å². The minimum absolute atomic E-state index is 0.204. The van der Waals surface area contributed by atoms with E-state index in [2.05, 4.69) is 97.6 Å². The maximum Gasteiger partial charge on any atom is 0.119 e. The van der Waals surface area contributed by atoms with Crippen LogP contribution in [-0.2, 0) is 6.42 Å². The first-order chi connectivity index (χ1) is 16.1. The molecule has 2 nitrogen and oxygen atoms in total. The average molecular weight is 444 g/mol. The number of hydrogen-bond acceptors (Lipinski definition) is 2. The number of hydrogen-bond donors (Lipinski definition) is 0. The number of allylic oxidation sites excluding steroid dienone is 2. The SMILES string of the molecule is C/C(=C(/CCc1ccc(OCCN2CC(CF)C2)cc1)c1ccccc1)c1ccccc1C. The van der Waals surface area contributed by atoms with Crippen molar-refractivity contribution in [3.8, 4) is 5.75 Å². The lowest BCUT2D eigenvalue weighted by molar-refractivity contribution is 0.0668. The molecular formula is C30H34FNO. The Kier molecular flexibility index (Phi) is 7.96. The molecule has 1 aliphatic rings. The summed E-state index contributed by atoms with van der Waals surface area (Å²) >= 11 is 0. The van der Waals surface area contributed by atoms with Crippen LogP contribution in [0, 0.1) is 12.8 Å². The second-order valence-corrected chi connectivity index (χ2v) is 9.06. The first kappa shape index (κ1) is 23.3. The van der Waals surface area contributed by atoms with E-state index < -0.39 is 0 Å². The van der Waals surface area contributed by atoms with Gasteiger partial charge in [-0.1, -0.05) is 66.7 Å². The molecule has 0 radical (unpaired) electrons. The smallest absolute Gasteiger partial charge is 0.119 e. The molecule has 0 amide bonds. The third kappa shape index (κ3) is 6.11. The van der Waals surface area contributed by atoms with Crippen molar-refractivity contribution in [1.29, 1.82) is 0 Å². The summed E-state index contributed by atoms with van der Waals surface area (Å²) in [5.74, 6) is 1.13. The number of rotatable bonds is 10. The topological polar surface area (TPSA) is 12.5 Å². The number of benzene rings is 3. The number of nitrogens with zero attached hydrogens (tertiary/aromatic N) is 1. The largest absolute Gasteiger partial charge is 0.492 e. The van der Waals surface area contributed by atoms with E-state index in [1.165, 1.54) is 33.4 Å². The summed E-state index contributed by atoms with van der Waals surface area (Å²) in [6, 6.07) is 27.8. The van der Waals surface area contributed by atoms with Gasteiger partial charge in [-0.2, -0.15) is 0 Å². The number of halogens is 1. The van der Waals surface area contributed by atoms with Crippen LogP contribution >= 0.6 is 0 Å². The van der Waals surface area contributed by atoms with Crippen molar-refractivity contribution in [2.24, 2.45) is 5.92 Å². The Morgan fingerprint density at radius 3 is 2.33 bits per heavy atom. The molecule has 0 atom stereocenters. The average Bonchev–Trinajstić information content (AvgIpc) is 2.82. The quantitative estimate of drug-likeness (QED) is 0.318. The van der Waals surface area contributed by atoms with Gasteiger partial charge < -0.3 is 4.74 Å². The molecule has 1 saturated heterocycles. The van der Waals surface area contributed by atoms with Gasteiger partial charge in [-0.3, -0.25) is 9.29 Å². The van der Waals surface area contributed by atoms with Gasteiger partial charge in [0.05, 0.1) is 6.67 Å². The van der Waals surface area contributed by atoms with Crippen LogP contribution in [-0.4, -0.2) is 37.8 Å². The fourth-order valence-electron chi connectivity index (χ4n) is 4.62. The van der Waals surface area contributed by atoms with E-state index in [-0.39, 0.29) is 12.6 Å². The molecule has 0 spiro atoms. The van der Waals surface area contributed by atoms with Gasteiger partial charge in [0.25, 0.3) is 0 Å². The van der Waals surface area contributed by atoms with Crippen LogP contribution in [0.25, 0.3) is 11.1 Å². The molecule has 1 heterocycles. The number of ether oxygens (including phenoxy) is 1. The highest BCUT2D eigenvalue weighted by Crippen LogP contribution is 2.31. The third-order valence-corrected chi connectivity index (χ3v) is 6.64. The lowest BCUT2D eigenvalue weighted by Crippen LogP contribution is -2.49. The van der Waals surface area contributed by atoms with Gasteiger partial charge in [-0.25, -0.2) is 0 Å². The molecule has 3 aromatic rings. The van der Waals surface area contributed by atoms with Crippen molar-refractivity contribution in [2.75, 3.05) is 32.9 Å². The van der Waals surface area contributed by atoms with Crippen molar-refractivity contribution in [2.45, 2.75) is 26.7 Å². The minimum atomic E-state index is -0.204. The molecule has 4 rings (SSSR count). The Bertz CT molecular complexity index is 1050. The van der Waals surface area contributed by atoms with Gasteiger partial charge in [-0.15, -0.1) is 0 Å². The fraction of sp³-hybridized carbons (Fsp3) is 0.333. The van der Waals surface area contributed by atoms with Crippen LogP contribution in [0.4, 0.5) is 4.39 Å². The Morgan fingerprint density at radius 2 is 1.64 bits per heavy atom. The molecule has 0 aliphatic carbocycles. The highest BCUT2D eigenvalue weighted by atomic mass is 19.1. The summed E-state index contributed by atoms with van der Waals surface area (Å²) in [6.07, 6.45) is 1.96. The summed E-state index contributed by atoms with van der Waals surface area (Å²) in [5.41, 5.74) is 7.97. The zero-order valence-electron chi connectivity index (χ0n) is 19.8. The summed E-state index contributed by atoms with van der Waals surface area (Å²) in [6.45, 7) is 7.45. The van der Waals surface area contributed by atoms with Crippen LogP contribution in [0.5, 0.6) is 5.75 Å². The van der Waals surface area contributed by atoms with Gasteiger partial charge in [0.1, 0.15) is 12.4 Å². The first-order valence-corrected chi connectivity index (χ1v) is 11.9. The summed E-state index contributed by atoms with van der Waals surface area (Å²) in [7, 11) is 0. The standard InChI is InChI=1S/C30H34FNO/c1-23-8-6-7-11-29(23)24(2)30(27-9-4-3-5-10-27)17-14-25-12-15-28(16-13-25)33-19-18-32-21-26(20-31)22-32/h3-13,15-16,26H,14,17-22H2,1-2H3/b30-24+. The van der Waals surface area contributed by atoms with Crippen molar-refractivity contribution < 1.29 is 9.13 Å². The monoisotopic (exact) mass is 443 g/mol. The highest BCUT2D eigenvalue weighted by molar-refractivity contribution is 5.90. The number of likely N-dealkylation sites (tertiary alicyclic amines) is 1. The van der Waals surface area contributed by atoms with Gasteiger partial charge in [-0.05, 0) is 72.2 Å². The first-order valence-electron chi connectivity index (χ1n) is 11.9. The predicted molar refractivity (Wildman–Crippen MR) is 136 cm³/mol. The van der Waals surface area contributed by atoms with Gasteiger partial charge in [0.15, 0.2) is 0 Å². The van der Waals surface area contributed by atoms with Crippen LogP contribution in [0.15, 0.2) is 78.9 Å². The highest BCUT2D eigenvalue weighted by Gasteiger charge is 2.25. The molecule has 33 heavy (non-hydrogen) atoms. The molecule has 3 heteroatoms. The van der Waals surface area contributed by atoms with E-state index >= 15 is 0 Å². The Morgan fingerprint density at radius 1 is 0.939 bits per heavy atom. The molecule has 0 bridgehead atoms. The van der Waals surface area contributed by atoms with Crippen LogP contribution in [0.1, 0.15) is 35.6 Å². The lowest BCUT2D eigenvalue weighted by atomic mass is 9.89. The van der Waals surface area contributed by atoms with E-state index in [9.17, 15) is 4.39 Å². The summed E-state index contributed by atoms with van der Waals surface area (Å²) < 4.78 is 18.4. The van der Waals surface area contributed by atoms with Gasteiger partial charge in [0.2, 0.25) is 0 Å². The molecule has 1 aliphatic heterocycles. The van der Waals surface area contributed by atoms with Crippen molar-refractivity contribution in [3.05, 3.63) is 101 Å². The zero-order valence-corrected chi connectivity index (χ0v) is 19.8. The molecule has 0 saturated carbocycles. The second kappa shape index (κ2) is 11.3. The number of alkyl halides is 1. The molecule has 0 N–H and O–H groups in total. The third-order valence-electron chi connectivity index (χ3n) is 6.64. The molecule has 0 aromatic heterocycles. The molecule has 172 valence electrons. The minimum Gasteiger partial charge on any atom is -0.492 e. The van der Waals surface area contributed by atoms with Gasteiger partial charge in [0, 0.05) is 25.6 Å². The van der Waals surface area contributed by atoms with Crippen LogP contribution in [0.3, 0.4) is 0 Å². The van der Waals surface area contributed by atoms with E-state index in [0.29, 0.717) is 6.61 Å². The normalized spacial score (nSPS) is 15.1. The van der Waals surface area contributed by atoms with E-state index in [4.69, 9.17) is 4.74 Å². The lowest BCUT2D eigenvalue weighted by Gasteiger charge is -2.37. The molecule has 3 aromatic carbocycles. The van der Waals surface area contributed by atoms with Gasteiger partial charge >= 0.3 is 0 Å². The molecular weight excluding hydrogens is 409 g/mol. The van der Waals surface area contributed by atoms with E-state index in [1.807, 2.05) is 0 Å². The van der Waals surface area contributed by atoms with E-state index in [0.717, 1.165) is 38.2 Å². The molecule has 0 unspecified atom stereocenters. The van der Waals surface area contributed by atoms with Crippen LogP contribution < -0.4 is 4.74 Å². The Balaban J connectivity index is 1.39. The second-order valence-electron chi connectivity index (χ2n) is 9.06. The molecule has 1 fully saturated rings. The Labute approximate surface area is 197 Å². The predicted octanol–water partition coefficient (Wildman–Crippen LogP) is 6.84. The summed E-state index contributed by atoms with van der Waals surface area (Å²) in [4.78, 5) is 2.24. The van der Waals surface area contributed by atoms with Crippen molar-refractivity contribution in [3.63, 3.8) is 0 Å².